The van der Waals surface area contributed by atoms with Crippen molar-refractivity contribution < 1.29 is 27.0 Å². The van der Waals surface area contributed by atoms with Crippen molar-refractivity contribution >= 4 is 16.1 Å². The first-order chi connectivity index (χ1) is 15.1. The number of carbonyl (C=O) groups excluding carboxylic acids is 1. The number of nitriles is 1. The molecule has 184 valence electrons. The fourth-order valence-corrected chi connectivity index (χ4v) is 5.55. The molecule has 2 aliphatic carbocycles. The molecule has 10 heteroatoms. The van der Waals surface area contributed by atoms with Crippen LogP contribution in [0.15, 0.2) is 0 Å². The van der Waals surface area contributed by atoms with Crippen LogP contribution < -0.4 is 10.6 Å². The van der Waals surface area contributed by atoms with E-state index in [1.54, 1.807) is 0 Å². The lowest BCUT2D eigenvalue weighted by atomic mass is 9.76. The summed E-state index contributed by atoms with van der Waals surface area (Å²) in [4.78, 5) is 12.2. The molecule has 2 amide bonds. The highest BCUT2D eigenvalue weighted by Gasteiger charge is 2.28. The molecular weight excluding hydrogens is 432 g/mol. The van der Waals surface area contributed by atoms with E-state index in [1.165, 1.54) is 6.42 Å². The molecule has 0 aliphatic heterocycles. The minimum Gasteiger partial charge on any atom is -0.748 e. The number of carbonyl (C=O) groups is 1. The van der Waals surface area contributed by atoms with Gasteiger partial charge in [0.25, 0.3) is 6.26 Å². The molecule has 2 aliphatic rings. The Morgan fingerprint density at radius 2 is 1.66 bits per heavy atom. The number of nitrogens with zero attached hydrogens (tertiary/aromatic N) is 2. The predicted molar refractivity (Wildman–Crippen MR) is 120 cm³/mol. The van der Waals surface area contributed by atoms with E-state index in [0.717, 1.165) is 63.2 Å². The van der Waals surface area contributed by atoms with Crippen LogP contribution in [0.25, 0.3) is 0 Å². The summed E-state index contributed by atoms with van der Waals surface area (Å²) in [6.45, 7) is 1.74. The zero-order valence-corrected chi connectivity index (χ0v) is 20.4. The highest BCUT2D eigenvalue weighted by atomic mass is 32.2. The SMILES string of the molecule is C[N+](C)(CCCS(=O)(=O)[O-])CCNC(=O)NC1CCC(CC2CCC(OC#N)CC2)CC1. The number of quaternary nitrogens is 1. The van der Waals surface area contributed by atoms with Crippen LogP contribution in [-0.4, -0.2) is 75.1 Å². The van der Waals surface area contributed by atoms with Crippen molar-refractivity contribution in [1.29, 1.82) is 5.26 Å². The average molecular weight is 473 g/mol. The number of urea groups is 1. The minimum atomic E-state index is -4.17. The summed E-state index contributed by atoms with van der Waals surface area (Å²) < 4.78 is 37.8. The molecule has 32 heavy (non-hydrogen) atoms. The molecule has 0 atom stereocenters. The Morgan fingerprint density at radius 3 is 2.22 bits per heavy atom. The molecule has 0 radical (unpaired) electrons. The van der Waals surface area contributed by atoms with Gasteiger partial charge in [-0.05, 0) is 69.6 Å². The molecule has 0 unspecified atom stereocenters. The van der Waals surface area contributed by atoms with Gasteiger partial charge in [0, 0.05) is 18.2 Å². The molecule has 2 N–H and O–H groups in total. The number of rotatable bonds is 11. The first kappa shape index (κ1) is 26.7. The summed E-state index contributed by atoms with van der Waals surface area (Å²) in [7, 11) is -0.250. The molecular formula is C22H40N4O5S. The lowest BCUT2D eigenvalue weighted by Crippen LogP contribution is -2.49. The molecule has 9 nitrogen and oxygen atoms in total. The van der Waals surface area contributed by atoms with Gasteiger partial charge in [0.1, 0.15) is 6.10 Å². The molecule has 0 saturated heterocycles. The topological polar surface area (TPSA) is 131 Å². The Labute approximate surface area is 193 Å². The quantitative estimate of drug-likeness (QED) is 0.269. The van der Waals surface area contributed by atoms with Crippen molar-refractivity contribution in [2.75, 3.05) is 39.5 Å². The van der Waals surface area contributed by atoms with Crippen molar-refractivity contribution in [2.24, 2.45) is 11.8 Å². The molecule has 0 heterocycles. The number of amides is 2. The molecule has 2 rings (SSSR count). The van der Waals surface area contributed by atoms with Gasteiger partial charge in [-0.2, -0.15) is 5.26 Å². The van der Waals surface area contributed by atoms with Crippen LogP contribution in [-0.2, 0) is 14.9 Å². The number of nitrogens with one attached hydrogen (secondary N) is 2. The smallest absolute Gasteiger partial charge is 0.315 e. The van der Waals surface area contributed by atoms with Crippen LogP contribution in [0, 0.1) is 23.4 Å². The third kappa shape index (κ3) is 10.8. The fraction of sp³-hybridized carbons (Fsp3) is 0.909. The molecule has 2 fully saturated rings. The van der Waals surface area contributed by atoms with Crippen molar-refractivity contribution in [2.45, 2.75) is 76.4 Å². The fourth-order valence-electron chi connectivity index (χ4n) is 5.06. The third-order valence-electron chi connectivity index (χ3n) is 7.02. The monoisotopic (exact) mass is 472 g/mol. The number of likely N-dealkylation sites (N-methyl/N-ethyl adjacent to an activating group) is 1. The molecule has 0 aromatic rings. The predicted octanol–water partition coefficient (Wildman–Crippen LogP) is 2.30. The summed E-state index contributed by atoms with van der Waals surface area (Å²) in [5.41, 5.74) is 0. The molecule has 0 aromatic carbocycles. The first-order valence-electron chi connectivity index (χ1n) is 11.9. The van der Waals surface area contributed by atoms with Gasteiger partial charge < -0.3 is 24.4 Å². The normalized spacial score (nSPS) is 26.7. The van der Waals surface area contributed by atoms with Gasteiger partial charge in [0.2, 0.25) is 0 Å². The van der Waals surface area contributed by atoms with Crippen LogP contribution in [0.3, 0.4) is 0 Å². The van der Waals surface area contributed by atoms with E-state index < -0.39 is 10.1 Å². The van der Waals surface area contributed by atoms with Crippen molar-refractivity contribution in [3.05, 3.63) is 0 Å². The largest absolute Gasteiger partial charge is 0.748 e. The van der Waals surface area contributed by atoms with Gasteiger partial charge in [-0.25, -0.2) is 13.2 Å². The van der Waals surface area contributed by atoms with Crippen LogP contribution in [0.1, 0.15) is 64.2 Å². The molecule has 0 spiro atoms. The third-order valence-corrected chi connectivity index (χ3v) is 7.81. The van der Waals surface area contributed by atoms with Gasteiger partial charge in [-0.15, -0.1) is 0 Å². The van der Waals surface area contributed by atoms with E-state index in [2.05, 4.69) is 10.6 Å². The van der Waals surface area contributed by atoms with Gasteiger partial charge in [0.05, 0.1) is 43.8 Å². The van der Waals surface area contributed by atoms with Crippen LogP contribution in [0.4, 0.5) is 4.79 Å². The summed E-state index contributed by atoms with van der Waals surface area (Å²) in [5.74, 6) is 1.12. The Balaban J connectivity index is 1.56. The van der Waals surface area contributed by atoms with Gasteiger partial charge in [-0.1, -0.05) is 0 Å². The lowest BCUT2D eigenvalue weighted by Gasteiger charge is -2.34. The second-order valence-corrected chi connectivity index (χ2v) is 11.7. The summed E-state index contributed by atoms with van der Waals surface area (Å²) in [6.07, 6.45) is 12.1. The maximum atomic E-state index is 12.2. The second-order valence-electron chi connectivity index (χ2n) is 10.2. The summed E-state index contributed by atoms with van der Waals surface area (Å²) in [5, 5.41) is 14.6. The van der Waals surface area contributed by atoms with Crippen LogP contribution in [0.2, 0.25) is 0 Å². The highest BCUT2D eigenvalue weighted by molar-refractivity contribution is 7.85. The average Bonchev–Trinajstić information content (AvgIpc) is 2.70. The second kappa shape index (κ2) is 12.6. The maximum Gasteiger partial charge on any atom is 0.315 e. The van der Waals surface area contributed by atoms with Crippen LogP contribution >= 0.6 is 0 Å². The van der Waals surface area contributed by atoms with E-state index in [1.807, 2.05) is 20.4 Å². The van der Waals surface area contributed by atoms with E-state index in [4.69, 9.17) is 10.00 Å². The zero-order valence-electron chi connectivity index (χ0n) is 19.6. The lowest BCUT2D eigenvalue weighted by molar-refractivity contribution is -0.889. The Bertz CT molecular complexity index is 721. The van der Waals surface area contributed by atoms with Crippen molar-refractivity contribution in [3.8, 4) is 6.26 Å². The van der Waals surface area contributed by atoms with E-state index >= 15 is 0 Å². The highest BCUT2D eigenvalue weighted by Crippen LogP contribution is 2.36. The van der Waals surface area contributed by atoms with Gasteiger partial charge >= 0.3 is 6.03 Å². The summed E-state index contributed by atoms with van der Waals surface area (Å²) >= 11 is 0. The summed E-state index contributed by atoms with van der Waals surface area (Å²) in [6, 6.07) is 0.0715. The Morgan fingerprint density at radius 1 is 1.06 bits per heavy atom. The number of hydrogen-bond acceptors (Lipinski definition) is 6. The van der Waals surface area contributed by atoms with E-state index in [9.17, 15) is 17.8 Å². The molecule has 2 saturated carbocycles. The molecule has 0 aromatic heterocycles. The van der Waals surface area contributed by atoms with Crippen molar-refractivity contribution in [1.82, 2.24) is 10.6 Å². The Kier molecular flexibility index (Phi) is 10.5. The van der Waals surface area contributed by atoms with E-state index in [0.29, 0.717) is 30.5 Å². The number of hydrogen-bond donors (Lipinski definition) is 2. The maximum absolute atomic E-state index is 12.2. The minimum absolute atomic E-state index is 0.119. The van der Waals surface area contributed by atoms with Crippen LogP contribution in [0.5, 0.6) is 0 Å². The zero-order chi connectivity index (χ0) is 23.6. The number of ether oxygens (including phenoxy) is 1. The Hall–Kier alpha value is -1.57. The molecule has 0 bridgehead atoms. The van der Waals surface area contributed by atoms with Gasteiger partial charge in [0.15, 0.2) is 0 Å². The standard InChI is InChI=1S/C22H40N4O5S/c1-26(2,13-3-15-32(28,29)30)14-12-24-22(27)25-20-8-4-18(5-9-20)16-19-6-10-21(11-7-19)31-17-23/h18-21H,3-16H2,1-2H3,(H2-,24,25,27,28,29,30). The first-order valence-corrected chi connectivity index (χ1v) is 13.5. The van der Waals surface area contributed by atoms with E-state index in [-0.39, 0.29) is 23.9 Å². The van der Waals surface area contributed by atoms with Gasteiger partial charge in [-0.3, -0.25) is 0 Å². The van der Waals surface area contributed by atoms with Crippen molar-refractivity contribution in [3.63, 3.8) is 0 Å².